The number of nitrogens with zero attached hydrogens (tertiary/aromatic N) is 1. The highest BCUT2D eigenvalue weighted by molar-refractivity contribution is 9.10. The quantitative estimate of drug-likeness (QED) is 0.835. The first-order chi connectivity index (χ1) is 10.1. The van der Waals surface area contributed by atoms with Crippen LogP contribution < -0.4 is 10.6 Å². The Hall–Kier alpha value is -2.21. The van der Waals surface area contributed by atoms with E-state index in [4.69, 9.17) is 0 Å². The van der Waals surface area contributed by atoms with Gasteiger partial charge < -0.3 is 10.6 Å². The number of halogens is 1. The van der Waals surface area contributed by atoms with Crippen LogP contribution in [0.5, 0.6) is 0 Å². The van der Waals surface area contributed by atoms with Crippen molar-refractivity contribution in [1.29, 1.82) is 0 Å². The van der Waals surface area contributed by atoms with Gasteiger partial charge in [0.1, 0.15) is 4.60 Å². The second-order valence-electron chi connectivity index (χ2n) is 4.40. The molecule has 0 saturated carbocycles. The molecule has 2 amide bonds. The fourth-order valence-corrected chi connectivity index (χ4v) is 2.17. The van der Waals surface area contributed by atoms with Gasteiger partial charge in [-0.3, -0.25) is 9.59 Å². The first-order valence-electron chi connectivity index (χ1n) is 6.31. The lowest BCUT2D eigenvalue weighted by Gasteiger charge is -2.07. The Labute approximate surface area is 130 Å². The van der Waals surface area contributed by atoms with Crippen LogP contribution >= 0.6 is 15.9 Å². The lowest BCUT2D eigenvalue weighted by atomic mass is 10.2. The van der Waals surface area contributed by atoms with Gasteiger partial charge in [0.2, 0.25) is 5.91 Å². The number of anilines is 1. The number of hydrogen-bond acceptors (Lipinski definition) is 3. The second-order valence-corrected chi connectivity index (χ2v) is 5.15. The zero-order valence-corrected chi connectivity index (χ0v) is 13.0. The van der Waals surface area contributed by atoms with Gasteiger partial charge in [-0.25, -0.2) is 4.98 Å². The Morgan fingerprint density at radius 1 is 1.19 bits per heavy atom. The Kier molecular flexibility index (Phi) is 5.05. The largest absolute Gasteiger partial charge is 0.348 e. The van der Waals surface area contributed by atoms with Crippen LogP contribution in [0.4, 0.5) is 5.69 Å². The zero-order chi connectivity index (χ0) is 15.2. The molecule has 1 aromatic carbocycles. The molecule has 108 valence electrons. The lowest BCUT2D eigenvalue weighted by molar-refractivity contribution is -0.114. The molecule has 0 bridgehead atoms. The Morgan fingerprint density at radius 2 is 1.90 bits per heavy atom. The highest BCUT2D eigenvalue weighted by Gasteiger charge is 2.09. The average molecular weight is 348 g/mol. The zero-order valence-electron chi connectivity index (χ0n) is 11.4. The molecule has 0 saturated heterocycles. The second kappa shape index (κ2) is 6.99. The molecular formula is C15H14BrN3O2. The van der Waals surface area contributed by atoms with Crippen LogP contribution in [0.2, 0.25) is 0 Å². The van der Waals surface area contributed by atoms with E-state index in [9.17, 15) is 9.59 Å². The van der Waals surface area contributed by atoms with E-state index in [1.165, 1.54) is 6.92 Å². The normalized spacial score (nSPS) is 10.0. The van der Waals surface area contributed by atoms with E-state index in [0.29, 0.717) is 16.7 Å². The molecule has 2 N–H and O–H groups in total. The molecule has 5 nitrogen and oxygen atoms in total. The van der Waals surface area contributed by atoms with Crippen molar-refractivity contribution in [3.05, 3.63) is 58.3 Å². The van der Waals surface area contributed by atoms with E-state index in [0.717, 1.165) is 11.3 Å². The number of aromatic nitrogens is 1. The maximum absolute atomic E-state index is 12.0. The number of rotatable bonds is 4. The third-order valence-electron chi connectivity index (χ3n) is 2.73. The van der Waals surface area contributed by atoms with Crippen molar-refractivity contribution in [2.75, 3.05) is 5.32 Å². The summed E-state index contributed by atoms with van der Waals surface area (Å²) in [6.07, 6.45) is 1.61. The summed E-state index contributed by atoms with van der Waals surface area (Å²) in [6, 6.07) is 10.7. The van der Waals surface area contributed by atoms with Gasteiger partial charge >= 0.3 is 0 Å². The van der Waals surface area contributed by atoms with Gasteiger partial charge in [-0.1, -0.05) is 12.1 Å². The molecule has 0 aliphatic carbocycles. The fraction of sp³-hybridized carbons (Fsp3) is 0.133. The fourth-order valence-electron chi connectivity index (χ4n) is 1.74. The number of benzene rings is 1. The molecule has 2 rings (SSSR count). The summed E-state index contributed by atoms with van der Waals surface area (Å²) in [5.74, 6) is -0.307. The molecule has 0 fully saturated rings. The van der Waals surface area contributed by atoms with Crippen LogP contribution in [0, 0.1) is 0 Å². The summed E-state index contributed by atoms with van der Waals surface area (Å²) in [5.41, 5.74) is 2.16. The topological polar surface area (TPSA) is 71.1 Å². The van der Waals surface area contributed by atoms with Crippen molar-refractivity contribution in [3.63, 3.8) is 0 Å². The standard InChI is InChI=1S/C15H14BrN3O2/c1-10(20)19-12-6-4-11(5-7-12)9-18-15(21)13-3-2-8-17-14(13)16/h2-8H,9H2,1H3,(H,18,21)(H,19,20). The van der Waals surface area contributed by atoms with Crippen molar-refractivity contribution in [1.82, 2.24) is 10.3 Å². The monoisotopic (exact) mass is 347 g/mol. The van der Waals surface area contributed by atoms with Crippen molar-refractivity contribution in [3.8, 4) is 0 Å². The number of carbonyl (C=O) groups is 2. The minimum Gasteiger partial charge on any atom is -0.348 e. The summed E-state index contributed by atoms with van der Waals surface area (Å²) in [4.78, 5) is 26.9. The minimum atomic E-state index is -0.194. The maximum atomic E-state index is 12.0. The molecule has 0 atom stereocenters. The SMILES string of the molecule is CC(=O)Nc1ccc(CNC(=O)c2cccnc2Br)cc1. The smallest absolute Gasteiger partial charge is 0.254 e. The molecule has 0 aliphatic rings. The van der Waals surface area contributed by atoms with Gasteiger partial charge in [0.05, 0.1) is 5.56 Å². The van der Waals surface area contributed by atoms with Crippen LogP contribution in [0.15, 0.2) is 47.2 Å². The van der Waals surface area contributed by atoms with Crippen LogP contribution in [0.25, 0.3) is 0 Å². The predicted molar refractivity (Wildman–Crippen MR) is 83.9 cm³/mol. The van der Waals surface area contributed by atoms with E-state index < -0.39 is 0 Å². The van der Waals surface area contributed by atoms with Crippen LogP contribution in [0.1, 0.15) is 22.8 Å². The van der Waals surface area contributed by atoms with Crippen molar-refractivity contribution < 1.29 is 9.59 Å². The molecule has 0 radical (unpaired) electrons. The van der Waals surface area contributed by atoms with Gasteiger partial charge in [0.25, 0.3) is 5.91 Å². The van der Waals surface area contributed by atoms with Gasteiger partial charge in [0, 0.05) is 25.4 Å². The number of nitrogens with one attached hydrogen (secondary N) is 2. The average Bonchev–Trinajstić information content (AvgIpc) is 2.46. The Morgan fingerprint density at radius 3 is 2.52 bits per heavy atom. The van der Waals surface area contributed by atoms with Gasteiger partial charge in [0.15, 0.2) is 0 Å². The van der Waals surface area contributed by atoms with Gasteiger partial charge in [-0.15, -0.1) is 0 Å². The number of hydrogen-bond donors (Lipinski definition) is 2. The molecule has 21 heavy (non-hydrogen) atoms. The first kappa shape index (κ1) is 15.2. The first-order valence-corrected chi connectivity index (χ1v) is 7.11. The number of amides is 2. The van der Waals surface area contributed by atoms with Crippen LogP contribution in [0.3, 0.4) is 0 Å². The third-order valence-corrected chi connectivity index (χ3v) is 3.36. The molecule has 0 unspecified atom stereocenters. The predicted octanol–water partition coefficient (Wildman–Crippen LogP) is 2.73. The van der Waals surface area contributed by atoms with Gasteiger partial charge in [-0.05, 0) is 45.8 Å². The minimum absolute atomic E-state index is 0.113. The van der Waals surface area contributed by atoms with Crippen molar-refractivity contribution in [2.45, 2.75) is 13.5 Å². The van der Waals surface area contributed by atoms with Crippen LogP contribution in [-0.4, -0.2) is 16.8 Å². The molecule has 2 aromatic rings. The maximum Gasteiger partial charge on any atom is 0.254 e. The van der Waals surface area contributed by atoms with E-state index in [-0.39, 0.29) is 11.8 Å². The van der Waals surface area contributed by atoms with Crippen molar-refractivity contribution >= 4 is 33.4 Å². The molecule has 1 aromatic heterocycles. The van der Waals surface area contributed by atoms with E-state index in [1.807, 2.05) is 12.1 Å². The van der Waals surface area contributed by atoms with Crippen LogP contribution in [-0.2, 0) is 11.3 Å². The highest BCUT2D eigenvalue weighted by atomic mass is 79.9. The lowest BCUT2D eigenvalue weighted by Crippen LogP contribution is -2.23. The molecule has 0 spiro atoms. The molecular weight excluding hydrogens is 334 g/mol. The molecule has 1 heterocycles. The van der Waals surface area contributed by atoms with E-state index in [2.05, 4.69) is 31.5 Å². The number of carbonyl (C=O) groups excluding carboxylic acids is 2. The third kappa shape index (κ3) is 4.39. The van der Waals surface area contributed by atoms with Gasteiger partial charge in [-0.2, -0.15) is 0 Å². The molecule has 0 aliphatic heterocycles. The summed E-state index contributed by atoms with van der Waals surface area (Å²) in [5, 5.41) is 5.51. The highest BCUT2D eigenvalue weighted by Crippen LogP contribution is 2.13. The summed E-state index contributed by atoms with van der Waals surface area (Å²) in [7, 11) is 0. The Bertz CT molecular complexity index is 656. The summed E-state index contributed by atoms with van der Waals surface area (Å²) >= 11 is 3.24. The molecule has 6 heteroatoms. The number of pyridine rings is 1. The summed E-state index contributed by atoms with van der Waals surface area (Å²) in [6.45, 7) is 1.86. The van der Waals surface area contributed by atoms with Crippen molar-refractivity contribution in [2.24, 2.45) is 0 Å². The summed E-state index contributed by atoms with van der Waals surface area (Å²) < 4.78 is 0.517. The van der Waals surface area contributed by atoms with E-state index in [1.54, 1.807) is 30.5 Å². The van der Waals surface area contributed by atoms with E-state index >= 15 is 0 Å². The Balaban J connectivity index is 1.95.